The molecular weight excluding hydrogens is 278 g/mol. The Balaban J connectivity index is 1.94. The quantitative estimate of drug-likeness (QED) is 0.908. The number of nitrogens with zero attached hydrogens (tertiary/aromatic N) is 4. The summed E-state index contributed by atoms with van der Waals surface area (Å²) in [5.41, 5.74) is 8.29. The number of amides is 1. The van der Waals surface area contributed by atoms with E-state index in [2.05, 4.69) is 16.5 Å². The predicted octanol–water partition coefficient (Wildman–Crippen LogP) is 1.52. The molecule has 6 heteroatoms. The summed E-state index contributed by atoms with van der Waals surface area (Å²) < 4.78 is 2.08. The molecule has 0 aromatic carbocycles. The maximum atomic E-state index is 11.8. The number of imidazole rings is 1. The molecule has 0 unspecified atom stereocenters. The molecule has 0 aliphatic heterocycles. The summed E-state index contributed by atoms with van der Waals surface area (Å²) in [5, 5.41) is 0. The van der Waals surface area contributed by atoms with Crippen LogP contribution in [0.25, 0.3) is 0 Å². The summed E-state index contributed by atoms with van der Waals surface area (Å²) in [7, 11) is 1.92. The minimum atomic E-state index is -0.428. The minimum absolute atomic E-state index is 0.428. The van der Waals surface area contributed by atoms with Crippen LogP contribution in [0, 0.1) is 0 Å². The number of hydrogen-bond acceptors (Lipinski definition) is 4. The summed E-state index contributed by atoms with van der Waals surface area (Å²) in [5.74, 6) is 1.17. The molecule has 116 valence electrons. The Hall–Kier alpha value is -2.37. The Labute approximate surface area is 130 Å². The van der Waals surface area contributed by atoms with E-state index in [1.807, 2.05) is 24.2 Å². The van der Waals surface area contributed by atoms with Gasteiger partial charge in [-0.25, -0.2) is 9.97 Å². The standard InChI is InChI=1S/C16H21N5O/c1-3-21-8-7-18-14(21)10-20(2)16-12(15(17)22)9-11-5-4-6-13(11)19-16/h7-9H,3-6,10H2,1-2H3,(H2,17,22). The van der Waals surface area contributed by atoms with Gasteiger partial charge in [0.2, 0.25) is 0 Å². The third-order valence-electron chi connectivity index (χ3n) is 4.18. The lowest BCUT2D eigenvalue weighted by Crippen LogP contribution is -2.25. The number of carbonyl (C=O) groups excluding carboxylic acids is 1. The Morgan fingerprint density at radius 1 is 1.45 bits per heavy atom. The van der Waals surface area contributed by atoms with Gasteiger partial charge in [-0.05, 0) is 37.8 Å². The van der Waals surface area contributed by atoms with Crippen molar-refractivity contribution in [2.75, 3.05) is 11.9 Å². The number of pyridine rings is 1. The van der Waals surface area contributed by atoms with E-state index in [0.717, 1.165) is 42.9 Å². The highest BCUT2D eigenvalue weighted by Gasteiger charge is 2.21. The van der Waals surface area contributed by atoms with Crippen LogP contribution in [-0.2, 0) is 25.9 Å². The average molecular weight is 299 g/mol. The Kier molecular flexibility index (Phi) is 3.83. The first-order valence-electron chi connectivity index (χ1n) is 7.64. The fourth-order valence-electron chi connectivity index (χ4n) is 3.00. The molecule has 0 atom stereocenters. The van der Waals surface area contributed by atoms with Crippen LogP contribution in [0.2, 0.25) is 0 Å². The first-order valence-corrected chi connectivity index (χ1v) is 7.64. The number of primary amides is 1. The largest absolute Gasteiger partial charge is 0.365 e. The average Bonchev–Trinajstić information content (AvgIpc) is 3.13. The highest BCUT2D eigenvalue weighted by Crippen LogP contribution is 2.27. The maximum absolute atomic E-state index is 11.8. The lowest BCUT2D eigenvalue weighted by molar-refractivity contribution is 0.100. The van der Waals surface area contributed by atoms with Gasteiger partial charge >= 0.3 is 0 Å². The topological polar surface area (TPSA) is 77.0 Å². The molecule has 2 N–H and O–H groups in total. The number of aryl methyl sites for hydroxylation is 3. The molecule has 1 amide bonds. The zero-order chi connectivity index (χ0) is 15.7. The van der Waals surface area contributed by atoms with E-state index in [0.29, 0.717) is 17.9 Å². The van der Waals surface area contributed by atoms with Crippen LogP contribution in [0.15, 0.2) is 18.5 Å². The van der Waals surface area contributed by atoms with Gasteiger partial charge in [-0.3, -0.25) is 4.79 Å². The SMILES string of the molecule is CCn1ccnc1CN(C)c1nc2c(cc1C(N)=O)CCC2. The zero-order valence-corrected chi connectivity index (χ0v) is 13.0. The van der Waals surface area contributed by atoms with Crippen molar-refractivity contribution in [3.05, 3.63) is 41.1 Å². The molecule has 1 aliphatic rings. The lowest BCUT2D eigenvalue weighted by atomic mass is 10.1. The highest BCUT2D eigenvalue weighted by atomic mass is 16.1. The van der Waals surface area contributed by atoms with Crippen LogP contribution < -0.4 is 10.6 Å². The summed E-state index contributed by atoms with van der Waals surface area (Å²) in [6.45, 7) is 3.53. The molecule has 6 nitrogen and oxygen atoms in total. The molecular formula is C16H21N5O. The van der Waals surface area contributed by atoms with Crippen LogP contribution in [0.4, 0.5) is 5.82 Å². The van der Waals surface area contributed by atoms with E-state index >= 15 is 0 Å². The van der Waals surface area contributed by atoms with E-state index in [1.54, 1.807) is 6.20 Å². The van der Waals surface area contributed by atoms with Gasteiger partial charge in [0.05, 0.1) is 12.1 Å². The number of nitrogens with two attached hydrogens (primary N) is 1. The van der Waals surface area contributed by atoms with E-state index in [-0.39, 0.29) is 0 Å². The van der Waals surface area contributed by atoms with Crippen LogP contribution >= 0.6 is 0 Å². The number of fused-ring (bicyclic) bond motifs is 1. The molecule has 3 rings (SSSR count). The van der Waals surface area contributed by atoms with Gasteiger partial charge in [0.1, 0.15) is 11.6 Å². The monoisotopic (exact) mass is 299 g/mol. The van der Waals surface area contributed by atoms with Crippen molar-refractivity contribution >= 4 is 11.7 Å². The molecule has 0 saturated carbocycles. The van der Waals surface area contributed by atoms with Gasteiger partial charge in [-0.1, -0.05) is 0 Å². The van der Waals surface area contributed by atoms with E-state index in [9.17, 15) is 4.79 Å². The number of aromatic nitrogens is 3. The van der Waals surface area contributed by atoms with Gasteiger partial charge in [0.15, 0.2) is 0 Å². The van der Waals surface area contributed by atoms with Gasteiger partial charge in [0.25, 0.3) is 5.91 Å². The highest BCUT2D eigenvalue weighted by molar-refractivity contribution is 5.98. The lowest BCUT2D eigenvalue weighted by Gasteiger charge is -2.21. The predicted molar refractivity (Wildman–Crippen MR) is 84.8 cm³/mol. The summed E-state index contributed by atoms with van der Waals surface area (Å²) in [4.78, 5) is 22.8. The molecule has 2 heterocycles. The van der Waals surface area contributed by atoms with Gasteiger partial charge < -0.3 is 15.2 Å². The van der Waals surface area contributed by atoms with Crippen molar-refractivity contribution in [1.82, 2.24) is 14.5 Å². The fourth-order valence-corrected chi connectivity index (χ4v) is 3.00. The van der Waals surface area contributed by atoms with Crippen LogP contribution in [0.3, 0.4) is 0 Å². The Morgan fingerprint density at radius 2 is 2.27 bits per heavy atom. The van der Waals surface area contributed by atoms with Gasteiger partial charge in [-0.2, -0.15) is 0 Å². The molecule has 2 aromatic rings. The zero-order valence-electron chi connectivity index (χ0n) is 13.0. The van der Waals surface area contributed by atoms with Crippen molar-refractivity contribution in [3.63, 3.8) is 0 Å². The molecule has 2 aromatic heterocycles. The van der Waals surface area contributed by atoms with E-state index in [1.165, 1.54) is 0 Å². The number of carbonyl (C=O) groups is 1. The third kappa shape index (κ3) is 2.56. The first-order chi connectivity index (χ1) is 10.6. The minimum Gasteiger partial charge on any atom is -0.365 e. The van der Waals surface area contributed by atoms with Crippen molar-refractivity contribution in [3.8, 4) is 0 Å². The third-order valence-corrected chi connectivity index (χ3v) is 4.18. The number of hydrogen-bond donors (Lipinski definition) is 1. The second-order valence-electron chi connectivity index (χ2n) is 5.67. The van der Waals surface area contributed by atoms with Gasteiger partial charge in [0, 0.05) is 31.7 Å². The van der Waals surface area contributed by atoms with Crippen molar-refractivity contribution in [2.24, 2.45) is 5.73 Å². The molecule has 1 aliphatic carbocycles. The second kappa shape index (κ2) is 5.79. The summed E-state index contributed by atoms with van der Waals surface area (Å²) in [6.07, 6.45) is 6.78. The van der Waals surface area contributed by atoms with Gasteiger partial charge in [-0.15, -0.1) is 0 Å². The molecule has 0 saturated heterocycles. The fraction of sp³-hybridized carbons (Fsp3) is 0.438. The molecule has 0 fully saturated rings. The van der Waals surface area contributed by atoms with Crippen molar-refractivity contribution in [2.45, 2.75) is 39.3 Å². The second-order valence-corrected chi connectivity index (χ2v) is 5.67. The van der Waals surface area contributed by atoms with Crippen molar-refractivity contribution < 1.29 is 4.79 Å². The Morgan fingerprint density at radius 3 is 3.00 bits per heavy atom. The normalized spacial score (nSPS) is 13.2. The first kappa shape index (κ1) is 14.6. The molecule has 0 bridgehead atoms. The van der Waals surface area contributed by atoms with Crippen molar-refractivity contribution in [1.29, 1.82) is 0 Å². The van der Waals surface area contributed by atoms with E-state index in [4.69, 9.17) is 10.7 Å². The molecule has 22 heavy (non-hydrogen) atoms. The van der Waals surface area contributed by atoms with Crippen LogP contribution in [0.1, 0.15) is 40.8 Å². The Bertz CT molecular complexity index is 707. The number of rotatable bonds is 5. The van der Waals surface area contributed by atoms with Crippen LogP contribution in [0.5, 0.6) is 0 Å². The molecule has 0 spiro atoms. The smallest absolute Gasteiger partial charge is 0.252 e. The number of anilines is 1. The maximum Gasteiger partial charge on any atom is 0.252 e. The molecule has 0 radical (unpaired) electrons. The van der Waals surface area contributed by atoms with Crippen LogP contribution in [-0.4, -0.2) is 27.5 Å². The summed E-state index contributed by atoms with van der Waals surface area (Å²) in [6, 6.07) is 1.91. The summed E-state index contributed by atoms with van der Waals surface area (Å²) >= 11 is 0. The van der Waals surface area contributed by atoms with E-state index < -0.39 is 5.91 Å².